The molecule has 0 saturated carbocycles. The van der Waals surface area contributed by atoms with E-state index >= 15 is 0 Å². The first-order chi connectivity index (χ1) is 16.0. The minimum Gasteiger partial charge on any atom is -0.333 e. The van der Waals surface area contributed by atoms with Crippen molar-refractivity contribution in [3.63, 3.8) is 0 Å². The molecular weight excluding hydrogens is 418 g/mol. The Morgan fingerprint density at radius 3 is 2.42 bits per heavy atom. The summed E-state index contributed by atoms with van der Waals surface area (Å²) in [6, 6.07) is 16.2. The number of carbonyl (C=O) groups excluding carboxylic acids is 1. The molecule has 0 spiro atoms. The molecular formula is C25H33N5O3. The van der Waals surface area contributed by atoms with Gasteiger partial charge in [-0.25, -0.2) is 9.78 Å². The van der Waals surface area contributed by atoms with Crippen molar-refractivity contribution in [3.05, 3.63) is 54.1 Å². The Morgan fingerprint density at radius 2 is 1.82 bits per heavy atom. The molecule has 3 aromatic rings. The fourth-order valence-corrected chi connectivity index (χ4v) is 3.83. The molecule has 1 amide bonds. The van der Waals surface area contributed by atoms with Crippen LogP contribution in [0.5, 0.6) is 0 Å². The van der Waals surface area contributed by atoms with Crippen LogP contribution >= 0.6 is 0 Å². The highest BCUT2D eigenvalue weighted by molar-refractivity contribution is 5.80. The number of aromatic nitrogens is 4. The number of rotatable bonds is 12. The SMILES string of the molecule is CCCCC(=O)N(Cc1ccc(-c2ccccc2-c2nn[nH]n2)cc1)[C@H](COOC)C(C)C. The number of benzene rings is 2. The van der Waals surface area contributed by atoms with Gasteiger partial charge in [-0.05, 0) is 34.2 Å². The van der Waals surface area contributed by atoms with Crippen molar-refractivity contribution in [2.45, 2.75) is 52.6 Å². The van der Waals surface area contributed by atoms with Gasteiger partial charge in [0.05, 0.1) is 13.2 Å². The Morgan fingerprint density at radius 1 is 1.09 bits per heavy atom. The van der Waals surface area contributed by atoms with Crippen LogP contribution in [0.15, 0.2) is 48.5 Å². The summed E-state index contributed by atoms with van der Waals surface area (Å²) in [4.78, 5) is 25.1. The maximum absolute atomic E-state index is 13.1. The zero-order valence-electron chi connectivity index (χ0n) is 19.8. The second-order valence-electron chi connectivity index (χ2n) is 8.37. The smallest absolute Gasteiger partial charge is 0.223 e. The lowest BCUT2D eigenvalue weighted by Crippen LogP contribution is -2.45. The van der Waals surface area contributed by atoms with Gasteiger partial charge >= 0.3 is 0 Å². The normalized spacial score (nSPS) is 12.2. The monoisotopic (exact) mass is 451 g/mol. The predicted octanol–water partition coefficient (Wildman–Crippen LogP) is 4.66. The summed E-state index contributed by atoms with van der Waals surface area (Å²) in [5.41, 5.74) is 4.04. The van der Waals surface area contributed by atoms with Crippen LogP contribution in [0.3, 0.4) is 0 Å². The summed E-state index contributed by atoms with van der Waals surface area (Å²) < 4.78 is 0. The summed E-state index contributed by atoms with van der Waals surface area (Å²) in [6.07, 6.45) is 2.38. The van der Waals surface area contributed by atoms with Crippen molar-refractivity contribution in [1.29, 1.82) is 0 Å². The van der Waals surface area contributed by atoms with E-state index in [9.17, 15) is 4.79 Å². The molecule has 1 atom stereocenters. The van der Waals surface area contributed by atoms with Crippen LogP contribution in [-0.2, 0) is 21.1 Å². The van der Waals surface area contributed by atoms with Gasteiger partial charge in [-0.1, -0.05) is 75.7 Å². The third-order valence-electron chi connectivity index (χ3n) is 5.72. The molecule has 8 nitrogen and oxygen atoms in total. The number of tetrazole rings is 1. The number of hydrogen-bond donors (Lipinski definition) is 1. The van der Waals surface area contributed by atoms with Gasteiger partial charge in [0.25, 0.3) is 0 Å². The predicted molar refractivity (Wildman–Crippen MR) is 127 cm³/mol. The van der Waals surface area contributed by atoms with Crippen molar-refractivity contribution in [1.82, 2.24) is 25.5 Å². The summed E-state index contributed by atoms with van der Waals surface area (Å²) in [6.45, 7) is 7.15. The molecule has 0 radical (unpaired) electrons. The number of aromatic amines is 1. The summed E-state index contributed by atoms with van der Waals surface area (Å²) in [7, 11) is 1.49. The first-order valence-corrected chi connectivity index (χ1v) is 11.4. The van der Waals surface area contributed by atoms with Gasteiger partial charge in [-0.2, -0.15) is 5.21 Å². The average Bonchev–Trinajstić information content (AvgIpc) is 3.37. The van der Waals surface area contributed by atoms with Crippen molar-refractivity contribution in [2.75, 3.05) is 13.7 Å². The van der Waals surface area contributed by atoms with Gasteiger partial charge in [0.2, 0.25) is 11.7 Å². The van der Waals surface area contributed by atoms with Crippen LogP contribution < -0.4 is 0 Å². The fourth-order valence-electron chi connectivity index (χ4n) is 3.83. The van der Waals surface area contributed by atoms with Crippen LogP contribution in [0.4, 0.5) is 0 Å². The molecule has 0 unspecified atom stereocenters. The number of nitrogens with zero attached hydrogens (tertiary/aromatic N) is 4. The highest BCUT2D eigenvalue weighted by Crippen LogP contribution is 2.30. The Kier molecular flexibility index (Phi) is 9.09. The number of H-pyrrole nitrogens is 1. The van der Waals surface area contributed by atoms with E-state index in [0.29, 0.717) is 25.4 Å². The highest BCUT2D eigenvalue weighted by Gasteiger charge is 2.27. The van der Waals surface area contributed by atoms with Crippen LogP contribution in [0.25, 0.3) is 22.5 Å². The first kappa shape index (κ1) is 24.5. The average molecular weight is 452 g/mol. The number of carbonyl (C=O) groups is 1. The van der Waals surface area contributed by atoms with Gasteiger partial charge in [-0.15, -0.1) is 10.2 Å². The largest absolute Gasteiger partial charge is 0.333 e. The molecule has 0 aliphatic rings. The molecule has 1 aromatic heterocycles. The Bertz CT molecular complexity index is 990. The quantitative estimate of drug-likeness (QED) is 0.318. The van der Waals surface area contributed by atoms with Gasteiger partial charge in [-0.3, -0.25) is 4.79 Å². The molecule has 1 N–H and O–H groups in total. The fraction of sp³-hybridized carbons (Fsp3) is 0.440. The van der Waals surface area contributed by atoms with Gasteiger partial charge < -0.3 is 4.90 Å². The Hall–Kier alpha value is -3.10. The number of amides is 1. The van der Waals surface area contributed by atoms with E-state index in [1.165, 1.54) is 7.11 Å². The second-order valence-corrected chi connectivity index (χ2v) is 8.37. The van der Waals surface area contributed by atoms with Crippen LogP contribution in [0, 0.1) is 5.92 Å². The molecule has 8 heteroatoms. The Labute approximate surface area is 195 Å². The van der Waals surface area contributed by atoms with Gasteiger partial charge in [0.15, 0.2) is 0 Å². The minimum absolute atomic E-state index is 0.0760. The molecule has 0 saturated heterocycles. The molecule has 0 aliphatic carbocycles. The lowest BCUT2D eigenvalue weighted by atomic mass is 9.97. The van der Waals surface area contributed by atoms with Crippen molar-refractivity contribution in [2.24, 2.45) is 5.92 Å². The van der Waals surface area contributed by atoms with E-state index in [1.807, 2.05) is 29.2 Å². The first-order valence-electron chi connectivity index (χ1n) is 11.4. The van der Waals surface area contributed by atoms with Crippen molar-refractivity contribution in [3.8, 4) is 22.5 Å². The molecule has 0 fully saturated rings. The summed E-state index contributed by atoms with van der Waals surface area (Å²) in [5.74, 6) is 0.925. The van der Waals surface area contributed by atoms with E-state index < -0.39 is 0 Å². The molecule has 33 heavy (non-hydrogen) atoms. The molecule has 2 aromatic carbocycles. The standard InChI is InChI=1S/C25H33N5O3/c1-5-6-11-24(31)30(23(18(2)3)17-33-32-4)16-19-12-14-20(15-13-19)21-9-7-8-10-22(21)25-26-28-29-27-25/h7-10,12-15,18,23H,5-6,11,16-17H2,1-4H3,(H,26,27,28,29)/t23-/m1/s1. The summed E-state index contributed by atoms with van der Waals surface area (Å²) >= 11 is 0. The third kappa shape index (κ3) is 6.46. The molecule has 1 heterocycles. The topological polar surface area (TPSA) is 93.2 Å². The van der Waals surface area contributed by atoms with E-state index in [4.69, 9.17) is 9.78 Å². The molecule has 0 aliphatic heterocycles. The molecule has 3 rings (SSSR count). The van der Waals surface area contributed by atoms with Gasteiger partial charge in [0, 0.05) is 18.5 Å². The lowest BCUT2D eigenvalue weighted by molar-refractivity contribution is -0.282. The van der Waals surface area contributed by atoms with E-state index in [2.05, 4.69) is 65.7 Å². The third-order valence-corrected chi connectivity index (χ3v) is 5.72. The molecule has 176 valence electrons. The zero-order valence-corrected chi connectivity index (χ0v) is 19.8. The second kappa shape index (κ2) is 12.2. The van der Waals surface area contributed by atoms with E-state index in [-0.39, 0.29) is 17.9 Å². The highest BCUT2D eigenvalue weighted by atomic mass is 17.2. The van der Waals surface area contributed by atoms with Crippen molar-refractivity contribution >= 4 is 5.91 Å². The number of unbranched alkanes of at least 4 members (excludes halogenated alkanes) is 1. The Balaban J connectivity index is 1.84. The van der Waals surface area contributed by atoms with E-state index in [1.54, 1.807) is 0 Å². The maximum atomic E-state index is 13.1. The number of nitrogens with one attached hydrogen (secondary N) is 1. The number of hydrogen-bond acceptors (Lipinski definition) is 6. The summed E-state index contributed by atoms with van der Waals surface area (Å²) in [5, 5.41) is 14.4. The van der Waals surface area contributed by atoms with Crippen LogP contribution in [0.1, 0.15) is 45.6 Å². The maximum Gasteiger partial charge on any atom is 0.223 e. The van der Waals surface area contributed by atoms with Crippen molar-refractivity contribution < 1.29 is 14.6 Å². The lowest BCUT2D eigenvalue weighted by Gasteiger charge is -2.34. The van der Waals surface area contributed by atoms with Gasteiger partial charge in [0.1, 0.15) is 6.61 Å². The van der Waals surface area contributed by atoms with Crippen LogP contribution in [0.2, 0.25) is 0 Å². The van der Waals surface area contributed by atoms with E-state index in [0.717, 1.165) is 35.1 Å². The minimum atomic E-state index is -0.0760. The molecule has 0 bridgehead atoms. The van der Waals surface area contributed by atoms with Crippen LogP contribution in [-0.4, -0.2) is 51.2 Å². The zero-order chi connectivity index (χ0) is 23.6.